The number of amides is 2. The maximum atomic E-state index is 12.4. The maximum absolute atomic E-state index is 12.4. The van der Waals surface area contributed by atoms with Gasteiger partial charge in [-0.2, -0.15) is 0 Å². The zero-order valence-corrected chi connectivity index (χ0v) is 17.7. The van der Waals surface area contributed by atoms with Crippen molar-refractivity contribution in [2.75, 3.05) is 18.5 Å². The summed E-state index contributed by atoms with van der Waals surface area (Å²) in [6.45, 7) is -0.240. The summed E-state index contributed by atoms with van der Waals surface area (Å²) in [7, 11) is 0. The molecule has 1 aliphatic carbocycles. The van der Waals surface area contributed by atoms with Gasteiger partial charge in [0.25, 0.3) is 0 Å². The molecule has 0 unspecified atom stereocenters. The molecular weight excluding hydrogens is 420 g/mol. The van der Waals surface area contributed by atoms with E-state index in [0.29, 0.717) is 11.3 Å². The molecule has 0 atom stereocenters. The van der Waals surface area contributed by atoms with Crippen LogP contribution in [-0.2, 0) is 14.3 Å². The smallest absolute Gasteiger partial charge is 0.411 e. The van der Waals surface area contributed by atoms with Gasteiger partial charge in [0.05, 0.1) is 0 Å². The van der Waals surface area contributed by atoms with Crippen LogP contribution < -0.4 is 10.6 Å². The molecule has 0 heterocycles. The maximum Gasteiger partial charge on any atom is 0.411 e. The van der Waals surface area contributed by atoms with E-state index in [1.807, 2.05) is 24.3 Å². The number of fused-ring (bicyclic) bond motifs is 3. The van der Waals surface area contributed by atoms with E-state index < -0.39 is 24.5 Å². The average Bonchev–Trinajstić information content (AvgIpc) is 3.14. The van der Waals surface area contributed by atoms with Gasteiger partial charge in [-0.3, -0.25) is 14.9 Å². The minimum atomic E-state index is -1.12. The van der Waals surface area contributed by atoms with Crippen LogP contribution in [0, 0.1) is 0 Å². The quantitative estimate of drug-likeness (QED) is 0.474. The highest BCUT2D eigenvalue weighted by Crippen LogP contribution is 2.44. The normalized spacial score (nSPS) is 12.1. The largest absolute Gasteiger partial charge is 0.480 e. The van der Waals surface area contributed by atoms with E-state index in [1.165, 1.54) is 12.2 Å². The summed E-state index contributed by atoms with van der Waals surface area (Å²) < 4.78 is 5.55. The highest BCUT2D eigenvalue weighted by atomic mass is 16.5. The first-order valence-corrected chi connectivity index (χ1v) is 10.4. The fourth-order valence-corrected chi connectivity index (χ4v) is 3.87. The molecule has 3 aromatic rings. The average molecular weight is 442 g/mol. The molecule has 7 heteroatoms. The standard InChI is InChI=1S/C26H22N2O5/c29-24(27-15-25(30)31)13-12-17-6-5-7-18(14-17)28-26(32)33-16-23-21-10-3-1-8-19(21)20-9-2-4-11-22(20)23/h1-14,23H,15-16H2,(H,27,29)(H,28,32)(H,30,31)/b13-12+. The molecule has 1 aliphatic rings. The molecule has 166 valence electrons. The number of aliphatic carboxylic acids is 1. The molecule has 0 bridgehead atoms. The molecule has 0 saturated heterocycles. The first kappa shape index (κ1) is 21.8. The monoisotopic (exact) mass is 442 g/mol. The number of anilines is 1. The van der Waals surface area contributed by atoms with E-state index in [4.69, 9.17) is 9.84 Å². The summed E-state index contributed by atoms with van der Waals surface area (Å²) >= 11 is 0. The molecule has 0 saturated carbocycles. The summed E-state index contributed by atoms with van der Waals surface area (Å²) in [5.74, 6) is -1.67. The zero-order chi connectivity index (χ0) is 23.2. The number of rotatable bonds is 7. The molecule has 3 N–H and O–H groups in total. The SMILES string of the molecule is O=C(O)CNC(=O)/C=C/c1cccc(NC(=O)OCC2c3ccccc3-c3ccccc32)c1. The minimum absolute atomic E-state index is 0.0262. The van der Waals surface area contributed by atoms with Crippen LogP contribution >= 0.6 is 0 Å². The number of hydrogen-bond acceptors (Lipinski definition) is 4. The van der Waals surface area contributed by atoms with Crippen molar-refractivity contribution < 1.29 is 24.2 Å². The van der Waals surface area contributed by atoms with Gasteiger partial charge in [-0.05, 0) is 46.0 Å². The molecule has 0 aromatic heterocycles. The van der Waals surface area contributed by atoms with Gasteiger partial charge in [-0.1, -0.05) is 60.7 Å². The van der Waals surface area contributed by atoms with Gasteiger partial charge in [0.1, 0.15) is 13.2 Å². The molecule has 2 amide bonds. The number of nitrogens with one attached hydrogen (secondary N) is 2. The van der Waals surface area contributed by atoms with Crippen LogP contribution in [0.3, 0.4) is 0 Å². The van der Waals surface area contributed by atoms with Gasteiger partial charge in [0.15, 0.2) is 0 Å². The third-order valence-electron chi connectivity index (χ3n) is 5.32. The van der Waals surface area contributed by atoms with Gasteiger partial charge in [0.2, 0.25) is 5.91 Å². The van der Waals surface area contributed by atoms with E-state index in [-0.39, 0.29) is 12.5 Å². The number of hydrogen-bond donors (Lipinski definition) is 3. The van der Waals surface area contributed by atoms with Crippen molar-refractivity contribution in [3.05, 3.63) is 95.6 Å². The van der Waals surface area contributed by atoms with E-state index in [1.54, 1.807) is 24.3 Å². The van der Waals surface area contributed by atoms with Crippen LogP contribution in [-0.4, -0.2) is 36.2 Å². The van der Waals surface area contributed by atoms with Crippen LogP contribution in [0.2, 0.25) is 0 Å². The fraction of sp³-hybridized carbons (Fsp3) is 0.115. The Balaban J connectivity index is 1.37. The van der Waals surface area contributed by atoms with Crippen LogP contribution in [0.25, 0.3) is 17.2 Å². The topological polar surface area (TPSA) is 105 Å². The lowest BCUT2D eigenvalue weighted by atomic mass is 9.98. The molecule has 0 aliphatic heterocycles. The molecule has 3 aromatic carbocycles. The third kappa shape index (κ3) is 5.27. The predicted octanol–water partition coefficient (Wildman–Crippen LogP) is 4.26. The Morgan fingerprint density at radius 1 is 0.909 bits per heavy atom. The Hall–Kier alpha value is -4.39. The Morgan fingerprint density at radius 2 is 1.58 bits per heavy atom. The number of carboxylic acid groups (broad SMARTS) is 1. The Bertz CT molecular complexity index is 1190. The number of carboxylic acids is 1. The summed E-state index contributed by atoms with van der Waals surface area (Å²) in [4.78, 5) is 34.6. The third-order valence-corrected chi connectivity index (χ3v) is 5.32. The van der Waals surface area contributed by atoms with Crippen LogP contribution in [0.15, 0.2) is 78.9 Å². The van der Waals surface area contributed by atoms with Crippen LogP contribution in [0.4, 0.5) is 10.5 Å². The van der Waals surface area contributed by atoms with E-state index in [2.05, 4.69) is 34.9 Å². The zero-order valence-electron chi connectivity index (χ0n) is 17.7. The first-order valence-electron chi connectivity index (χ1n) is 10.4. The Morgan fingerprint density at radius 3 is 2.24 bits per heavy atom. The Labute approximate surface area is 190 Å². The van der Waals surface area contributed by atoms with Crippen molar-refractivity contribution in [3.63, 3.8) is 0 Å². The second-order valence-electron chi connectivity index (χ2n) is 7.52. The lowest BCUT2D eigenvalue weighted by Gasteiger charge is -2.14. The first-order chi connectivity index (χ1) is 16.0. The molecular formula is C26H22N2O5. The number of benzene rings is 3. The van der Waals surface area contributed by atoms with Gasteiger partial charge in [0, 0.05) is 17.7 Å². The lowest BCUT2D eigenvalue weighted by molar-refractivity contribution is -0.137. The Kier molecular flexibility index (Phi) is 6.50. The molecule has 0 spiro atoms. The van der Waals surface area contributed by atoms with Crippen molar-refractivity contribution in [1.82, 2.24) is 5.32 Å². The van der Waals surface area contributed by atoms with Gasteiger partial charge >= 0.3 is 12.1 Å². The van der Waals surface area contributed by atoms with Crippen molar-refractivity contribution in [3.8, 4) is 11.1 Å². The number of ether oxygens (including phenoxy) is 1. The summed E-state index contributed by atoms with van der Waals surface area (Å²) in [6, 6.07) is 23.1. The van der Waals surface area contributed by atoms with Gasteiger partial charge in [-0.15, -0.1) is 0 Å². The summed E-state index contributed by atoms with van der Waals surface area (Å²) in [6.07, 6.45) is 2.19. The lowest BCUT2D eigenvalue weighted by Crippen LogP contribution is -2.27. The minimum Gasteiger partial charge on any atom is -0.480 e. The van der Waals surface area contributed by atoms with E-state index in [0.717, 1.165) is 22.3 Å². The summed E-state index contributed by atoms with van der Waals surface area (Å²) in [5.41, 5.74) is 5.78. The van der Waals surface area contributed by atoms with E-state index >= 15 is 0 Å². The van der Waals surface area contributed by atoms with Crippen molar-refractivity contribution in [2.24, 2.45) is 0 Å². The van der Waals surface area contributed by atoms with Crippen molar-refractivity contribution in [2.45, 2.75) is 5.92 Å². The molecule has 0 fully saturated rings. The predicted molar refractivity (Wildman–Crippen MR) is 125 cm³/mol. The van der Waals surface area contributed by atoms with Gasteiger partial charge < -0.3 is 15.2 Å². The van der Waals surface area contributed by atoms with Crippen LogP contribution in [0.5, 0.6) is 0 Å². The summed E-state index contributed by atoms with van der Waals surface area (Å²) in [5, 5.41) is 13.5. The number of carbonyl (C=O) groups is 3. The van der Waals surface area contributed by atoms with Gasteiger partial charge in [-0.25, -0.2) is 4.79 Å². The highest BCUT2D eigenvalue weighted by Gasteiger charge is 2.28. The number of carbonyl (C=O) groups excluding carboxylic acids is 2. The van der Waals surface area contributed by atoms with Crippen molar-refractivity contribution >= 4 is 29.7 Å². The van der Waals surface area contributed by atoms with Crippen LogP contribution in [0.1, 0.15) is 22.6 Å². The molecule has 33 heavy (non-hydrogen) atoms. The van der Waals surface area contributed by atoms with Crippen molar-refractivity contribution in [1.29, 1.82) is 0 Å². The fourth-order valence-electron chi connectivity index (χ4n) is 3.87. The molecule has 7 nitrogen and oxygen atoms in total. The second kappa shape index (κ2) is 9.82. The molecule has 0 radical (unpaired) electrons. The highest BCUT2D eigenvalue weighted by molar-refractivity contribution is 5.93. The molecule has 4 rings (SSSR count). The second-order valence-corrected chi connectivity index (χ2v) is 7.52. The van der Waals surface area contributed by atoms with E-state index in [9.17, 15) is 14.4 Å².